The van der Waals surface area contributed by atoms with Gasteiger partial charge in [0.1, 0.15) is 0 Å². The zero-order valence-corrected chi connectivity index (χ0v) is 12.1. The lowest BCUT2D eigenvalue weighted by Gasteiger charge is -2.34. The molecule has 1 fully saturated rings. The van der Waals surface area contributed by atoms with Gasteiger partial charge in [0.2, 0.25) is 5.91 Å². The minimum atomic E-state index is -0.696. The van der Waals surface area contributed by atoms with Crippen LogP contribution in [0.2, 0.25) is 0 Å². The molecule has 0 bridgehead atoms. The Hall–Kier alpha value is -1.42. The predicted molar refractivity (Wildman–Crippen MR) is 78.1 cm³/mol. The van der Waals surface area contributed by atoms with Crippen molar-refractivity contribution in [1.29, 1.82) is 0 Å². The molecular formula is C16H24N2O2. The smallest absolute Gasteiger partial charge is 0.220 e. The summed E-state index contributed by atoms with van der Waals surface area (Å²) in [6.07, 6.45) is 8.31. The number of aliphatic hydroxyl groups is 1. The van der Waals surface area contributed by atoms with Crippen molar-refractivity contribution in [2.75, 3.05) is 6.54 Å². The number of carbonyl (C=O) groups excluding carboxylic acids is 1. The Labute approximate surface area is 120 Å². The fourth-order valence-electron chi connectivity index (χ4n) is 2.64. The quantitative estimate of drug-likeness (QED) is 0.865. The molecule has 0 aromatic carbocycles. The van der Waals surface area contributed by atoms with Gasteiger partial charge in [0.15, 0.2) is 0 Å². The average Bonchev–Trinajstić information content (AvgIpc) is 2.48. The minimum Gasteiger partial charge on any atom is -0.388 e. The second kappa shape index (κ2) is 6.84. The normalized spacial score (nSPS) is 26.2. The van der Waals surface area contributed by atoms with E-state index in [0.717, 1.165) is 31.2 Å². The number of aryl methyl sites for hydroxylation is 1. The maximum Gasteiger partial charge on any atom is 0.220 e. The van der Waals surface area contributed by atoms with E-state index in [9.17, 15) is 9.90 Å². The molecule has 2 rings (SSSR count). The third kappa shape index (κ3) is 4.60. The van der Waals surface area contributed by atoms with Gasteiger partial charge in [-0.2, -0.15) is 0 Å². The van der Waals surface area contributed by atoms with E-state index < -0.39 is 5.60 Å². The molecular weight excluding hydrogens is 252 g/mol. The van der Waals surface area contributed by atoms with Crippen LogP contribution >= 0.6 is 0 Å². The fourth-order valence-corrected chi connectivity index (χ4v) is 2.64. The summed E-state index contributed by atoms with van der Waals surface area (Å²) in [4.78, 5) is 15.8. The van der Waals surface area contributed by atoms with Crippen molar-refractivity contribution in [3.63, 3.8) is 0 Å². The van der Waals surface area contributed by atoms with Gasteiger partial charge in [-0.25, -0.2) is 0 Å². The highest BCUT2D eigenvalue weighted by Crippen LogP contribution is 2.31. The third-order valence-corrected chi connectivity index (χ3v) is 4.21. The lowest BCUT2D eigenvalue weighted by atomic mass is 9.79. The van der Waals surface area contributed by atoms with Crippen LogP contribution in [0.5, 0.6) is 0 Å². The Morgan fingerprint density at radius 2 is 2.05 bits per heavy atom. The zero-order chi connectivity index (χ0) is 14.4. The molecule has 0 radical (unpaired) electrons. The Kier molecular flexibility index (Phi) is 5.12. The summed E-state index contributed by atoms with van der Waals surface area (Å²) < 4.78 is 0. The predicted octanol–water partition coefficient (Wildman–Crippen LogP) is 2.07. The van der Waals surface area contributed by atoms with Gasteiger partial charge in [-0.3, -0.25) is 9.78 Å². The molecule has 1 aromatic heterocycles. The van der Waals surface area contributed by atoms with E-state index in [2.05, 4.69) is 17.2 Å². The molecule has 1 amide bonds. The van der Waals surface area contributed by atoms with Crippen molar-refractivity contribution in [3.8, 4) is 0 Å². The topological polar surface area (TPSA) is 62.2 Å². The summed E-state index contributed by atoms with van der Waals surface area (Å²) in [5, 5.41) is 13.3. The summed E-state index contributed by atoms with van der Waals surface area (Å²) >= 11 is 0. The molecule has 1 heterocycles. The molecule has 0 saturated heterocycles. The molecule has 4 nitrogen and oxygen atoms in total. The number of amides is 1. The highest BCUT2D eigenvalue weighted by molar-refractivity contribution is 5.76. The van der Waals surface area contributed by atoms with Crippen LogP contribution in [0.15, 0.2) is 24.5 Å². The van der Waals surface area contributed by atoms with Crippen LogP contribution in [0.1, 0.15) is 44.6 Å². The lowest BCUT2D eigenvalue weighted by Crippen LogP contribution is -2.45. The van der Waals surface area contributed by atoms with E-state index in [-0.39, 0.29) is 5.91 Å². The van der Waals surface area contributed by atoms with Crippen LogP contribution in [0, 0.1) is 5.92 Å². The van der Waals surface area contributed by atoms with Crippen molar-refractivity contribution in [2.24, 2.45) is 5.92 Å². The molecule has 0 atom stereocenters. The van der Waals surface area contributed by atoms with Crippen molar-refractivity contribution in [3.05, 3.63) is 30.1 Å². The molecule has 1 aliphatic rings. The number of aromatic nitrogens is 1. The first-order valence-corrected chi connectivity index (χ1v) is 7.45. The summed E-state index contributed by atoms with van der Waals surface area (Å²) in [7, 11) is 0. The van der Waals surface area contributed by atoms with E-state index in [1.807, 2.05) is 12.1 Å². The summed E-state index contributed by atoms with van der Waals surface area (Å²) in [6, 6.07) is 3.84. The van der Waals surface area contributed by atoms with E-state index >= 15 is 0 Å². The van der Waals surface area contributed by atoms with Gasteiger partial charge in [0.25, 0.3) is 0 Å². The highest BCUT2D eigenvalue weighted by Gasteiger charge is 2.31. The second-order valence-electron chi connectivity index (χ2n) is 6.04. The van der Waals surface area contributed by atoms with Crippen LogP contribution in [0.4, 0.5) is 0 Å². The van der Waals surface area contributed by atoms with Gasteiger partial charge >= 0.3 is 0 Å². The van der Waals surface area contributed by atoms with Gasteiger partial charge < -0.3 is 10.4 Å². The summed E-state index contributed by atoms with van der Waals surface area (Å²) in [6.45, 7) is 2.60. The summed E-state index contributed by atoms with van der Waals surface area (Å²) in [5.74, 6) is 0.700. The van der Waals surface area contributed by atoms with Crippen molar-refractivity contribution < 1.29 is 9.90 Å². The van der Waals surface area contributed by atoms with Crippen LogP contribution in [0.25, 0.3) is 0 Å². The number of hydrogen-bond acceptors (Lipinski definition) is 3. The molecule has 0 unspecified atom stereocenters. The highest BCUT2D eigenvalue weighted by atomic mass is 16.3. The molecule has 110 valence electrons. The molecule has 20 heavy (non-hydrogen) atoms. The van der Waals surface area contributed by atoms with Crippen LogP contribution in [-0.4, -0.2) is 28.1 Å². The summed E-state index contributed by atoms with van der Waals surface area (Å²) in [5.41, 5.74) is 0.416. The molecule has 0 spiro atoms. The molecule has 1 aliphatic carbocycles. The fraction of sp³-hybridized carbons (Fsp3) is 0.625. The second-order valence-corrected chi connectivity index (χ2v) is 6.04. The lowest BCUT2D eigenvalue weighted by molar-refractivity contribution is -0.122. The monoisotopic (exact) mass is 276 g/mol. The van der Waals surface area contributed by atoms with Crippen molar-refractivity contribution in [2.45, 2.75) is 51.0 Å². The van der Waals surface area contributed by atoms with Gasteiger partial charge in [0.05, 0.1) is 5.60 Å². The van der Waals surface area contributed by atoms with Gasteiger partial charge in [0, 0.05) is 25.4 Å². The van der Waals surface area contributed by atoms with Crippen LogP contribution in [0.3, 0.4) is 0 Å². The maximum absolute atomic E-state index is 11.8. The number of hydrogen-bond donors (Lipinski definition) is 2. The van der Waals surface area contributed by atoms with Crippen molar-refractivity contribution >= 4 is 5.91 Å². The van der Waals surface area contributed by atoms with E-state index in [1.165, 1.54) is 0 Å². The number of pyridine rings is 1. The van der Waals surface area contributed by atoms with Crippen molar-refractivity contribution in [1.82, 2.24) is 10.3 Å². The Morgan fingerprint density at radius 1 is 1.40 bits per heavy atom. The molecule has 4 heteroatoms. The SMILES string of the molecule is CC1CCC(O)(CNC(=O)CCc2ccncc2)CC1. The third-order valence-electron chi connectivity index (χ3n) is 4.21. The minimum absolute atomic E-state index is 0.00820. The standard InChI is InChI=1S/C16H24N2O2/c1-13-4-8-16(20,9-5-13)12-18-15(19)3-2-14-6-10-17-11-7-14/h6-7,10-11,13,20H,2-5,8-9,12H2,1H3,(H,18,19). The first-order chi connectivity index (χ1) is 9.57. The van der Waals surface area contributed by atoms with Crippen LogP contribution in [-0.2, 0) is 11.2 Å². The van der Waals surface area contributed by atoms with E-state index in [0.29, 0.717) is 25.3 Å². The maximum atomic E-state index is 11.8. The Bertz CT molecular complexity index is 425. The number of rotatable bonds is 5. The number of nitrogens with zero attached hydrogens (tertiary/aromatic N) is 1. The Balaban J connectivity index is 1.70. The zero-order valence-electron chi connectivity index (χ0n) is 12.1. The number of nitrogens with one attached hydrogen (secondary N) is 1. The first kappa shape index (κ1) is 15.0. The number of carbonyl (C=O) groups is 1. The molecule has 2 N–H and O–H groups in total. The molecule has 0 aliphatic heterocycles. The molecule has 1 saturated carbocycles. The average molecular weight is 276 g/mol. The van der Waals surface area contributed by atoms with Gasteiger partial charge in [-0.15, -0.1) is 0 Å². The van der Waals surface area contributed by atoms with Gasteiger partial charge in [-0.1, -0.05) is 6.92 Å². The van der Waals surface area contributed by atoms with E-state index in [1.54, 1.807) is 12.4 Å². The molecule has 1 aromatic rings. The largest absolute Gasteiger partial charge is 0.388 e. The van der Waals surface area contributed by atoms with E-state index in [4.69, 9.17) is 0 Å². The van der Waals surface area contributed by atoms with Gasteiger partial charge in [-0.05, 0) is 55.7 Å². The Morgan fingerprint density at radius 3 is 2.70 bits per heavy atom. The van der Waals surface area contributed by atoms with Crippen LogP contribution < -0.4 is 5.32 Å². The first-order valence-electron chi connectivity index (χ1n) is 7.45.